The SMILES string of the molecule is O=C1C(O)=C(c2ccccc2)C(c2cccc(Cl)c2)N1Cc1ccccc1. The number of rotatable bonds is 4. The molecular formula is C23H18ClNO2. The molecule has 0 aliphatic carbocycles. The van der Waals surface area contributed by atoms with E-state index in [1.54, 1.807) is 11.0 Å². The van der Waals surface area contributed by atoms with Crippen LogP contribution in [0.4, 0.5) is 0 Å². The van der Waals surface area contributed by atoms with Gasteiger partial charge in [0.05, 0.1) is 6.04 Å². The molecule has 4 heteroatoms. The Hall–Kier alpha value is -3.04. The van der Waals surface area contributed by atoms with Gasteiger partial charge < -0.3 is 10.0 Å². The topological polar surface area (TPSA) is 40.5 Å². The summed E-state index contributed by atoms with van der Waals surface area (Å²) < 4.78 is 0. The number of carbonyl (C=O) groups excluding carboxylic acids is 1. The lowest BCUT2D eigenvalue weighted by molar-refractivity contribution is -0.130. The van der Waals surface area contributed by atoms with Crippen molar-refractivity contribution in [3.8, 4) is 0 Å². The Morgan fingerprint density at radius 1 is 0.889 bits per heavy atom. The van der Waals surface area contributed by atoms with Crippen molar-refractivity contribution in [1.29, 1.82) is 0 Å². The lowest BCUT2D eigenvalue weighted by Gasteiger charge is -2.27. The van der Waals surface area contributed by atoms with Gasteiger partial charge in [-0.05, 0) is 28.8 Å². The maximum Gasteiger partial charge on any atom is 0.290 e. The van der Waals surface area contributed by atoms with Crippen LogP contribution in [0, 0.1) is 0 Å². The first-order chi connectivity index (χ1) is 13.1. The average Bonchev–Trinajstić information content (AvgIpc) is 2.94. The number of amides is 1. The summed E-state index contributed by atoms with van der Waals surface area (Å²) in [6.45, 7) is 0.400. The molecule has 1 unspecified atom stereocenters. The van der Waals surface area contributed by atoms with Gasteiger partial charge in [0.2, 0.25) is 0 Å². The van der Waals surface area contributed by atoms with Crippen LogP contribution in [-0.2, 0) is 11.3 Å². The van der Waals surface area contributed by atoms with Gasteiger partial charge in [0.25, 0.3) is 5.91 Å². The first kappa shape index (κ1) is 17.4. The van der Waals surface area contributed by atoms with Crippen molar-refractivity contribution in [3.63, 3.8) is 0 Å². The standard InChI is InChI=1S/C23H18ClNO2/c24-19-13-7-12-18(14-19)21-20(17-10-5-2-6-11-17)22(26)23(27)25(21)15-16-8-3-1-4-9-16/h1-14,21,26H,15H2. The Morgan fingerprint density at radius 2 is 1.56 bits per heavy atom. The Bertz CT molecular complexity index is 999. The van der Waals surface area contributed by atoms with Crippen LogP contribution in [-0.4, -0.2) is 15.9 Å². The third-order valence-corrected chi connectivity index (χ3v) is 4.98. The molecule has 1 atom stereocenters. The van der Waals surface area contributed by atoms with E-state index < -0.39 is 6.04 Å². The van der Waals surface area contributed by atoms with E-state index in [0.717, 1.165) is 16.7 Å². The number of aliphatic hydroxyl groups excluding tert-OH is 1. The van der Waals surface area contributed by atoms with Gasteiger partial charge in [-0.15, -0.1) is 0 Å². The zero-order valence-corrected chi connectivity index (χ0v) is 15.3. The number of benzene rings is 3. The van der Waals surface area contributed by atoms with Crippen LogP contribution < -0.4 is 0 Å². The van der Waals surface area contributed by atoms with Crippen LogP contribution in [0.1, 0.15) is 22.7 Å². The van der Waals surface area contributed by atoms with E-state index in [-0.39, 0.29) is 11.7 Å². The molecule has 1 aliphatic heterocycles. The van der Waals surface area contributed by atoms with Crippen molar-refractivity contribution >= 4 is 23.1 Å². The van der Waals surface area contributed by atoms with Gasteiger partial charge in [-0.25, -0.2) is 0 Å². The van der Waals surface area contributed by atoms with Gasteiger partial charge in [0.15, 0.2) is 5.76 Å². The van der Waals surface area contributed by atoms with Crippen LogP contribution in [0.25, 0.3) is 5.57 Å². The summed E-state index contributed by atoms with van der Waals surface area (Å²) >= 11 is 6.22. The molecule has 0 aromatic heterocycles. The molecular weight excluding hydrogens is 358 g/mol. The minimum Gasteiger partial charge on any atom is -0.503 e. The number of aliphatic hydroxyl groups is 1. The smallest absolute Gasteiger partial charge is 0.290 e. The second-order valence-corrected chi connectivity index (χ2v) is 6.94. The van der Waals surface area contributed by atoms with Crippen molar-refractivity contribution in [3.05, 3.63) is 112 Å². The fourth-order valence-electron chi connectivity index (χ4n) is 3.53. The largest absolute Gasteiger partial charge is 0.503 e. The Labute approximate surface area is 163 Å². The summed E-state index contributed by atoms with van der Waals surface area (Å²) in [7, 11) is 0. The van der Waals surface area contributed by atoms with Gasteiger partial charge in [0.1, 0.15) is 0 Å². The molecule has 0 spiro atoms. The molecule has 0 saturated heterocycles. The molecule has 1 N–H and O–H groups in total. The Kier molecular flexibility index (Phi) is 4.69. The van der Waals surface area contributed by atoms with Crippen molar-refractivity contribution in [2.45, 2.75) is 12.6 Å². The van der Waals surface area contributed by atoms with Crippen LogP contribution in [0.2, 0.25) is 5.02 Å². The van der Waals surface area contributed by atoms with E-state index in [1.165, 1.54) is 0 Å². The molecule has 3 aromatic carbocycles. The molecule has 1 heterocycles. The van der Waals surface area contributed by atoms with E-state index in [2.05, 4.69) is 0 Å². The normalized spacial score (nSPS) is 16.9. The van der Waals surface area contributed by atoms with Crippen molar-refractivity contribution in [2.24, 2.45) is 0 Å². The van der Waals surface area contributed by atoms with Gasteiger partial charge in [0, 0.05) is 17.1 Å². The Balaban J connectivity index is 1.83. The number of halogens is 1. The highest BCUT2D eigenvalue weighted by atomic mass is 35.5. The molecule has 27 heavy (non-hydrogen) atoms. The van der Waals surface area contributed by atoms with E-state index in [9.17, 15) is 9.90 Å². The molecule has 0 radical (unpaired) electrons. The van der Waals surface area contributed by atoms with Crippen molar-refractivity contribution in [2.75, 3.05) is 0 Å². The minimum atomic E-state index is -0.404. The van der Waals surface area contributed by atoms with E-state index in [1.807, 2.05) is 78.9 Å². The monoisotopic (exact) mass is 375 g/mol. The predicted octanol–water partition coefficient (Wildman–Crippen LogP) is 5.39. The number of hydrogen-bond acceptors (Lipinski definition) is 2. The minimum absolute atomic E-state index is 0.206. The molecule has 4 rings (SSSR count). The lowest BCUT2D eigenvalue weighted by atomic mass is 9.93. The highest BCUT2D eigenvalue weighted by Crippen LogP contribution is 2.44. The summed E-state index contributed by atoms with van der Waals surface area (Å²) in [4.78, 5) is 14.6. The summed E-state index contributed by atoms with van der Waals surface area (Å²) in [5, 5.41) is 11.3. The number of carbonyl (C=O) groups is 1. The maximum absolute atomic E-state index is 12.9. The third-order valence-electron chi connectivity index (χ3n) is 4.75. The zero-order valence-electron chi connectivity index (χ0n) is 14.5. The average molecular weight is 376 g/mol. The first-order valence-corrected chi connectivity index (χ1v) is 9.12. The molecule has 134 valence electrons. The number of hydrogen-bond donors (Lipinski definition) is 1. The van der Waals surface area contributed by atoms with Crippen molar-refractivity contribution < 1.29 is 9.90 Å². The molecule has 1 aliphatic rings. The first-order valence-electron chi connectivity index (χ1n) is 8.74. The van der Waals surface area contributed by atoms with Gasteiger partial charge >= 0.3 is 0 Å². The third kappa shape index (κ3) is 3.34. The summed E-state index contributed by atoms with van der Waals surface area (Å²) in [6.07, 6.45) is 0. The van der Waals surface area contributed by atoms with Crippen LogP contribution in [0.5, 0.6) is 0 Å². The molecule has 3 nitrogen and oxygen atoms in total. The highest BCUT2D eigenvalue weighted by molar-refractivity contribution is 6.30. The molecule has 0 saturated carbocycles. The quantitative estimate of drug-likeness (QED) is 0.663. The number of nitrogens with zero attached hydrogens (tertiary/aromatic N) is 1. The summed E-state index contributed by atoms with van der Waals surface area (Å²) in [6, 6.07) is 26.3. The molecule has 0 bridgehead atoms. The molecule has 3 aromatic rings. The van der Waals surface area contributed by atoms with Gasteiger partial charge in [-0.1, -0.05) is 84.4 Å². The van der Waals surface area contributed by atoms with Gasteiger partial charge in [-0.2, -0.15) is 0 Å². The van der Waals surface area contributed by atoms with Crippen molar-refractivity contribution in [1.82, 2.24) is 4.90 Å². The fourth-order valence-corrected chi connectivity index (χ4v) is 3.73. The summed E-state index contributed by atoms with van der Waals surface area (Å²) in [5.41, 5.74) is 3.30. The van der Waals surface area contributed by atoms with E-state index in [0.29, 0.717) is 17.1 Å². The highest BCUT2D eigenvalue weighted by Gasteiger charge is 2.40. The second-order valence-electron chi connectivity index (χ2n) is 6.50. The molecule has 1 amide bonds. The van der Waals surface area contributed by atoms with Gasteiger partial charge in [-0.3, -0.25) is 4.79 Å². The maximum atomic E-state index is 12.9. The lowest BCUT2D eigenvalue weighted by Crippen LogP contribution is -2.29. The van der Waals surface area contributed by atoms with E-state index in [4.69, 9.17) is 11.6 Å². The van der Waals surface area contributed by atoms with Crippen LogP contribution >= 0.6 is 11.6 Å². The molecule has 0 fully saturated rings. The van der Waals surface area contributed by atoms with Crippen LogP contribution in [0.3, 0.4) is 0 Å². The predicted molar refractivity (Wildman–Crippen MR) is 107 cm³/mol. The fraction of sp³-hybridized carbons (Fsp3) is 0.0870. The Morgan fingerprint density at radius 3 is 2.22 bits per heavy atom. The zero-order chi connectivity index (χ0) is 18.8. The second kappa shape index (κ2) is 7.29. The van der Waals surface area contributed by atoms with E-state index >= 15 is 0 Å². The van der Waals surface area contributed by atoms with Crippen LogP contribution in [0.15, 0.2) is 90.7 Å². The summed E-state index contributed by atoms with van der Waals surface area (Å²) in [5.74, 6) is -0.579.